The molecule has 2 amide bonds. The Labute approximate surface area is 186 Å². The van der Waals surface area contributed by atoms with Gasteiger partial charge >= 0.3 is 0 Å². The van der Waals surface area contributed by atoms with E-state index in [0.29, 0.717) is 16.5 Å². The van der Waals surface area contributed by atoms with Crippen molar-refractivity contribution < 1.29 is 9.59 Å². The van der Waals surface area contributed by atoms with Crippen LogP contribution in [-0.2, 0) is 18.4 Å². The zero-order chi connectivity index (χ0) is 20.8. The SMILES string of the molecule is Cc1ccc(C(=O)NCc2nnc(SCC(=O)Nc3ccc(I)cc3)n2C)cc1. The van der Waals surface area contributed by atoms with Crippen LogP contribution in [0.25, 0.3) is 0 Å². The number of aryl methyl sites for hydroxylation is 1. The van der Waals surface area contributed by atoms with Gasteiger partial charge < -0.3 is 15.2 Å². The Kier molecular flexibility index (Phi) is 7.26. The van der Waals surface area contributed by atoms with E-state index in [9.17, 15) is 9.59 Å². The summed E-state index contributed by atoms with van der Waals surface area (Å²) in [5.74, 6) is 0.548. The molecule has 0 saturated carbocycles. The quantitative estimate of drug-likeness (QED) is 0.368. The Morgan fingerprint density at radius 3 is 2.45 bits per heavy atom. The Hall–Kier alpha value is -2.40. The van der Waals surface area contributed by atoms with Crippen LogP contribution in [0.3, 0.4) is 0 Å². The number of thioether (sulfide) groups is 1. The maximum absolute atomic E-state index is 12.2. The third-order valence-corrected chi connectivity index (χ3v) is 5.85. The van der Waals surface area contributed by atoms with E-state index in [2.05, 4.69) is 43.4 Å². The van der Waals surface area contributed by atoms with Gasteiger partial charge in [0.25, 0.3) is 5.91 Å². The maximum Gasteiger partial charge on any atom is 0.251 e. The molecule has 0 atom stereocenters. The van der Waals surface area contributed by atoms with E-state index in [-0.39, 0.29) is 24.1 Å². The van der Waals surface area contributed by atoms with E-state index in [4.69, 9.17) is 0 Å². The second-order valence-electron chi connectivity index (χ2n) is 6.35. The minimum absolute atomic E-state index is 0.117. The lowest BCUT2D eigenvalue weighted by Gasteiger charge is -2.07. The van der Waals surface area contributed by atoms with Gasteiger partial charge in [0.05, 0.1) is 12.3 Å². The van der Waals surface area contributed by atoms with Gasteiger partial charge in [0.2, 0.25) is 5.91 Å². The van der Waals surface area contributed by atoms with E-state index >= 15 is 0 Å². The molecule has 0 aliphatic heterocycles. The van der Waals surface area contributed by atoms with Crippen LogP contribution in [0.15, 0.2) is 53.7 Å². The lowest BCUT2D eigenvalue weighted by atomic mass is 10.1. The molecule has 0 saturated heterocycles. The number of carbonyl (C=O) groups is 2. The molecule has 0 radical (unpaired) electrons. The number of nitrogens with one attached hydrogen (secondary N) is 2. The number of aromatic nitrogens is 3. The highest BCUT2D eigenvalue weighted by Gasteiger charge is 2.13. The first-order chi connectivity index (χ1) is 13.9. The third kappa shape index (κ3) is 6.04. The molecule has 0 spiro atoms. The van der Waals surface area contributed by atoms with Gasteiger partial charge in [-0.05, 0) is 65.9 Å². The molecular formula is C20H20IN5O2S. The zero-order valence-electron chi connectivity index (χ0n) is 16.0. The van der Waals surface area contributed by atoms with Gasteiger partial charge in [-0.2, -0.15) is 0 Å². The molecule has 3 aromatic rings. The first kappa shape index (κ1) is 21.3. The monoisotopic (exact) mass is 521 g/mol. The molecule has 3 rings (SSSR count). The summed E-state index contributed by atoms with van der Waals surface area (Å²) in [4.78, 5) is 24.4. The first-order valence-electron chi connectivity index (χ1n) is 8.84. The lowest BCUT2D eigenvalue weighted by Crippen LogP contribution is -2.24. The maximum atomic E-state index is 12.2. The first-order valence-corrected chi connectivity index (χ1v) is 10.9. The van der Waals surface area contributed by atoms with Crippen molar-refractivity contribution in [2.75, 3.05) is 11.1 Å². The van der Waals surface area contributed by atoms with Gasteiger partial charge in [0, 0.05) is 21.9 Å². The van der Waals surface area contributed by atoms with Crippen molar-refractivity contribution in [3.8, 4) is 0 Å². The number of nitrogens with zero attached hydrogens (tertiary/aromatic N) is 3. The van der Waals surface area contributed by atoms with Crippen LogP contribution in [0.2, 0.25) is 0 Å². The smallest absolute Gasteiger partial charge is 0.251 e. The number of halogens is 1. The Balaban J connectivity index is 1.51. The summed E-state index contributed by atoms with van der Waals surface area (Å²) >= 11 is 3.51. The Morgan fingerprint density at radius 1 is 1.07 bits per heavy atom. The highest BCUT2D eigenvalue weighted by atomic mass is 127. The molecule has 2 N–H and O–H groups in total. The molecule has 150 valence electrons. The van der Waals surface area contributed by atoms with E-state index in [0.717, 1.165) is 14.8 Å². The largest absolute Gasteiger partial charge is 0.345 e. The van der Waals surface area contributed by atoms with Crippen LogP contribution >= 0.6 is 34.4 Å². The molecule has 1 heterocycles. The summed E-state index contributed by atoms with van der Waals surface area (Å²) in [5.41, 5.74) is 2.45. The predicted octanol–water partition coefficient (Wildman–Crippen LogP) is 3.39. The van der Waals surface area contributed by atoms with Gasteiger partial charge in [-0.1, -0.05) is 29.5 Å². The van der Waals surface area contributed by atoms with Crippen molar-refractivity contribution in [3.63, 3.8) is 0 Å². The van der Waals surface area contributed by atoms with E-state index in [1.807, 2.05) is 50.4 Å². The fourth-order valence-electron chi connectivity index (χ4n) is 2.45. The molecule has 0 fully saturated rings. The number of benzene rings is 2. The van der Waals surface area contributed by atoms with Gasteiger partial charge in [-0.3, -0.25) is 9.59 Å². The van der Waals surface area contributed by atoms with Gasteiger partial charge in [-0.15, -0.1) is 10.2 Å². The summed E-state index contributed by atoms with van der Waals surface area (Å²) < 4.78 is 2.88. The van der Waals surface area contributed by atoms with Crippen LogP contribution in [0.5, 0.6) is 0 Å². The number of carbonyl (C=O) groups excluding carboxylic acids is 2. The summed E-state index contributed by atoms with van der Waals surface area (Å²) in [6.07, 6.45) is 0. The minimum atomic E-state index is -0.167. The van der Waals surface area contributed by atoms with Gasteiger partial charge in [0.1, 0.15) is 0 Å². The van der Waals surface area contributed by atoms with Crippen molar-refractivity contribution in [2.45, 2.75) is 18.6 Å². The number of amides is 2. The Morgan fingerprint density at radius 2 is 1.76 bits per heavy atom. The molecule has 0 aliphatic carbocycles. The van der Waals surface area contributed by atoms with Crippen molar-refractivity contribution in [3.05, 3.63) is 69.1 Å². The zero-order valence-corrected chi connectivity index (χ0v) is 19.0. The third-order valence-electron chi connectivity index (χ3n) is 4.11. The fraction of sp³-hybridized carbons (Fsp3) is 0.200. The molecule has 29 heavy (non-hydrogen) atoms. The number of hydrogen-bond acceptors (Lipinski definition) is 5. The number of anilines is 1. The van der Waals surface area contributed by atoms with Crippen LogP contribution in [0.1, 0.15) is 21.7 Å². The van der Waals surface area contributed by atoms with E-state index in [1.165, 1.54) is 11.8 Å². The van der Waals surface area contributed by atoms with E-state index in [1.54, 1.807) is 16.7 Å². The summed E-state index contributed by atoms with van der Waals surface area (Å²) in [6.45, 7) is 2.23. The summed E-state index contributed by atoms with van der Waals surface area (Å²) in [6, 6.07) is 15.0. The second-order valence-corrected chi connectivity index (χ2v) is 8.54. The molecule has 0 aliphatic rings. The standard InChI is InChI=1S/C20H20IN5O2S/c1-13-3-5-14(6-4-13)19(28)22-11-17-24-25-20(26(17)2)29-12-18(27)23-16-9-7-15(21)8-10-16/h3-10H,11-12H2,1-2H3,(H,22,28)(H,23,27). The Bertz CT molecular complexity index is 1000. The summed E-state index contributed by atoms with van der Waals surface area (Å²) in [5, 5.41) is 14.5. The summed E-state index contributed by atoms with van der Waals surface area (Å²) in [7, 11) is 1.81. The van der Waals surface area contributed by atoms with E-state index < -0.39 is 0 Å². The molecule has 0 bridgehead atoms. The van der Waals surface area contributed by atoms with Crippen molar-refractivity contribution in [1.82, 2.24) is 20.1 Å². The van der Waals surface area contributed by atoms with Crippen LogP contribution in [0.4, 0.5) is 5.69 Å². The number of rotatable bonds is 7. The van der Waals surface area contributed by atoms with Gasteiger partial charge in [0.15, 0.2) is 11.0 Å². The van der Waals surface area contributed by atoms with Crippen LogP contribution < -0.4 is 10.6 Å². The molecule has 9 heteroatoms. The fourth-order valence-corrected chi connectivity index (χ4v) is 3.54. The van der Waals surface area contributed by atoms with Crippen LogP contribution in [0, 0.1) is 10.5 Å². The molecule has 1 aromatic heterocycles. The second kappa shape index (κ2) is 9.88. The molecule has 0 unspecified atom stereocenters. The molecule has 7 nitrogen and oxygen atoms in total. The van der Waals surface area contributed by atoms with Gasteiger partial charge in [-0.25, -0.2) is 0 Å². The normalized spacial score (nSPS) is 10.6. The number of hydrogen-bond donors (Lipinski definition) is 2. The molecule has 2 aromatic carbocycles. The average molecular weight is 521 g/mol. The average Bonchev–Trinajstić information content (AvgIpc) is 3.06. The van der Waals surface area contributed by atoms with Crippen molar-refractivity contribution in [1.29, 1.82) is 0 Å². The van der Waals surface area contributed by atoms with Crippen molar-refractivity contribution >= 4 is 51.9 Å². The highest BCUT2D eigenvalue weighted by Crippen LogP contribution is 2.17. The highest BCUT2D eigenvalue weighted by molar-refractivity contribution is 14.1. The van der Waals surface area contributed by atoms with Crippen LogP contribution in [-0.4, -0.2) is 32.3 Å². The van der Waals surface area contributed by atoms with Crippen molar-refractivity contribution in [2.24, 2.45) is 7.05 Å². The molecular weight excluding hydrogens is 501 g/mol. The predicted molar refractivity (Wildman–Crippen MR) is 122 cm³/mol. The topological polar surface area (TPSA) is 88.9 Å². The lowest BCUT2D eigenvalue weighted by molar-refractivity contribution is -0.113. The minimum Gasteiger partial charge on any atom is -0.345 e.